The SMILES string of the molecule is O=C(O)[C@H](CC1CCCCC1)NC(=O)[C@H](CC1CCCCC1)NF. The van der Waals surface area contributed by atoms with Crippen LogP contribution in [0.3, 0.4) is 0 Å². The van der Waals surface area contributed by atoms with Crippen LogP contribution in [0.4, 0.5) is 4.48 Å². The van der Waals surface area contributed by atoms with E-state index in [-0.39, 0.29) is 0 Å². The lowest BCUT2D eigenvalue weighted by Gasteiger charge is -2.27. The molecule has 0 aromatic rings. The second-order valence-corrected chi connectivity index (χ2v) is 7.54. The van der Waals surface area contributed by atoms with Crippen LogP contribution < -0.4 is 10.9 Å². The first-order chi connectivity index (χ1) is 11.6. The molecule has 0 aliphatic heterocycles. The summed E-state index contributed by atoms with van der Waals surface area (Å²) in [6.45, 7) is 0. The number of rotatable bonds is 8. The van der Waals surface area contributed by atoms with Crippen LogP contribution in [0.5, 0.6) is 0 Å². The molecule has 24 heavy (non-hydrogen) atoms. The number of hydrogen-bond donors (Lipinski definition) is 3. The summed E-state index contributed by atoms with van der Waals surface area (Å²) < 4.78 is 13.1. The quantitative estimate of drug-likeness (QED) is 0.591. The molecular weight excluding hydrogens is 311 g/mol. The van der Waals surface area contributed by atoms with Crippen molar-refractivity contribution in [1.82, 2.24) is 10.9 Å². The fraction of sp³-hybridized carbons (Fsp3) is 0.889. The van der Waals surface area contributed by atoms with Gasteiger partial charge >= 0.3 is 5.97 Å². The Morgan fingerprint density at radius 2 is 1.33 bits per heavy atom. The number of carboxylic acids is 1. The smallest absolute Gasteiger partial charge is 0.326 e. The first-order valence-electron chi connectivity index (χ1n) is 9.49. The van der Waals surface area contributed by atoms with Crippen molar-refractivity contribution in [2.75, 3.05) is 0 Å². The van der Waals surface area contributed by atoms with Crippen LogP contribution in [0.2, 0.25) is 0 Å². The van der Waals surface area contributed by atoms with Crippen molar-refractivity contribution in [2.24, 2.45) is 11.8 Å². The third-order valence-corrected chi connectivity index (χ3v) is 5.65. The van der Waals surface area contributed by atoms with Gasteiger partial charge in [-0.1, -0.05) is 64.2 Å². The molecule has 3 N–H and O–H groups in total. The minimum atomic E-state index is -1.02. The number of hydrogen-bond acceptors (Lipinski definition) is 3. The van der Waals surface area contributed by atoms with Crippen LogP contribution in [0.25, 0.3) is 0 Å². The predicted molar refractivity (Wildman–Crippen MR) is 90.0 cm³/mol. The number of carbonyl (C=O) groups is 2. The number of carboxylic acid groups (broad SMARTS) is 1. The maximum atomic E-state index is 13.1. The van der Waals surface area contributed by atoms with E-state index in [1.165, 1.54) is 12.8 Å². The highest BCUT2D eigenvalue weighted by Gasteiger charge is 2.30. The summed E-state index contributed by atoms with van der Waals surface area (Å²) in [5.74, 6) is -0.856. The van der Waals surface area contributed by atoms with Crippen LogP contribution in [-0.4, -0.2) is 29.1 Å². The van der Waals surface area contributed by atoms with E-state index in [1.807, 2.05) is 0 Å². The van der Waals surface area contributed by atoms with E-state index in [0.717, 1.165) is 51.4 Å². The lowest BCUT2D eigenvalue weighted by molar-refractivity contribution is -0.143. The molecule has 6 heteroatoms. The van der Waals surface area contributed by atoms with Gasteiger partial charge in [-0.2, -0.15) is 0 Å². The van der Waals surface area contributed by atoms with Gasteiger partial charge in [0.05, 0.1) is 0 Å². The Morgan fingerprint density at radius 1 is 0.875 bits per heavy atom. The van der Waals surface area contributed by atoms with Crippen LogP contribution in [-0.2, 0) is 9.59 Å². The number of carbonyl (C=O) groups excluding carboxylic acids is 1. The summed E-state index contributed by atoms with van der Waals surface area (Å²) in [5.41, 5.74) is 1.59. The van der Waals surface area contributed by atoms with Gasteiger partial charge in [0.1, 0.15) is 12.1 Å². The molecule has 2 aliphatic rings. The Hall–Kier alpha value is -1.17. The Bertz CT molecular complexity index is 407. The third kappa shape index (κ3) is 6.04. The predicted octanol–water partition coefficient (Wildman–Crippen LogP) is 3.34. The summed E-state index contributed by atoms with van der Waals surface area (Å²) in [4.78, 5) is 23.8. The maximum Gasteiger partial charge on any atom is 0.326 e. The average Bonchev–Trinajstić information content (AvgIpc) is 2.60. The summed E-state index contributed by atoms with van der Waals surface area (Å²) in [6, 6.07) is -1.86. The van der Waals surface area contributed by atoms with Crippen molar-refractivity contribution in [3.8, 4) is 0 Å². The molecule has 5 nitrogen and oxygen atoms in total. The summed E-state index contributed by atoms with van der Waals surface area (Å²) in [7, 11) is 0. The van der Waals surface area contributed by atoms with Crippen molar-refractivity contribution in [3.05, 3.63) is 0 Å². The Kier molecular flexibility index (Phi) is 7.95. The van der Waals surface area contributed by atoms with Gasteiger partial charge < -0.3 is 10.4 Å². The lowest BCUT2D eigenvalue weighted by Crippen LogP contribution is -2.50. The Morgan fingerprint density at radius 3 is 1.75 bits per heavy atom. The van der Waals surface area contributed by atoms with Crippen molar-refractivity contribution < 1.29 is 19.2 Å². The largest absolute Gasteiger partial charge is 0.480 e. The maximum absolute atomic E-state index is 13.1. The molecule has 2 fully saturated rings. The second-order valence-electron chi connectivity index (χ2n) is 7.54. The van der Waals surface area contributed by atoms with E-state index >= 15 is 0 Å². The number of aliphatic carboxylic acids is 1. The molecule has 0 heterocycles. The van der Waals surface area contributed by atoms with Crippen molar-refractivity contribution >= 4 is 11.9 Å². The Labute approximate surface area is 143 Å². The van der Waals surface area contributed by atoms with E-state index in [2.05, 4.69) is 5.32 Å². The molecule has 2 atom stereocenters. The molecule has 2 saturated carbocycles. The molecule has 0 aromatic carbocycles. The van der Waals surface area contributed by atoms with Gasteiger partial charge in [0.15, 0.2) is 0 Å². The van der Waals surface area contributed by atoms with E-state index in [0.29, 0.717) is 24.7 Å². The van der Waals surface area contributed by atoms with Crippen LogP contribution in [0.15, 0.2) is 0 Å². The van der Waals surface area contributed by atoms with Crippen LogP contribution >= 0.6 is 0 Å². The van der Waals surface area contributed by atoms with E-state index in [1.54, 1.807) is 5.54 Å². The summed E-state index contributed by atoms with van der Waals surface area (Å²) in [5, 5.41) is 12.0. The number of amides is 1. The first-order valence-corrected chi connectivity index (χ1v) is 9.49. The number of nitrogens with one attached hydrogen (secondary N) is 2. The zero-order valence-corrected chi connectivity index (χ0v) is 14.4. The number of halogens is 1. The van der Waals surface area contributed by atoms with E-state index in [9.17, 15) is 19.2 Å². The average molecular weight is 342 g/mol. The molecular formula is C18H31FN2O3. The monoisotopic (exact) mass is 342 g/mol. The van der Waals surface area contributed by atoms with Crippen LogP contribution in [0, 0.1) is 11.8 Å². The molecule has 0 spiro atoms. The first kappa shape index (κ1) is 19.2. The highest BCUT2D eigenvalue weighted by Crippen LogP contribution is 2.29. The molecule has 2 rings (SSSR count). The fourth-order valence-electron chi connectivity index (χ4n) is 4.21. The molecule has 138 valence electrons. The van der Waals surface area contributed by atoms with Gasteiger partial charge in [0.25, 0.3) is 0 Å². The zero-order chi connectivity index (χ0) is 17.4. The highest BCUT2D eigenvalue weighted by molar-refractivity contribution is 5.86. The molecule has 2 aliphatic carbocycles. The summed E-state index contributed by atoms with van der Waals surface area (Å²) >= 11 is 0. The topological polar surface area (TPSA) is 78.4 Å². The molecule has 0 saturated heterocycles. The van der Waals surface area contributed by atoms with Crippen molar-refractivity contribution in [3.63, 3.8) is 0 Å². The third-order valence-electron chi connectivity index (χ3n) is 5.65. The van der Waals surface area contributed by atoms with Gasteiger partial charge in [-0.05, 0) is 24.7 Å². The molecule has 0 unspecified atom stereocenters. The molecule has 1 amide bonds. The van der Waals surface area contributed by atoms with Gasteiger partial charge in [-0.3, -0.25) is 4.79 Å². The van der Waals surface area contributed by atoms with E-state index < -0.39 is 24.0 Å². The van der Waals surface area contributed by atoms with Crippen molar-refractivity contribution in [2.45, 2.75) is 89.1 Å². The Balaban J connectivity index is 1.85. The zero-order valence-electron chi connectivity index (χ0n) is 14.4. The van der Waals surface area contributed by atoms with Crippen molar-refractivity contribution in [1.29, 1.82) is 0 Å². The van der Waals surface area contributed by atoms with Gasteiger partial charge in [0.2, 0.25) is 5.91 Å². The van der Waals surface area contributed by atoms with Crippen LogP contribution in [0.1, 0.15) is 77.0 Å². The minimum absolute atomic E-state index is 0.343. The van der Waals surface area contributed by atoms with Gasteiger partial charge in [0, 0.05) is 0 Å². The highest BCUT2D eigenvalue weighted by atomic mass is 19.2. The summed E-state index contributed by atoms with van der Waals surface area (Å²) in [6.07, 6.45) is 11.9. The normalized spacial score (nSPS) is 22.7. The fourth-order valence-corrected chi connectivity index (χ4v) is 4.21. The standard InChI is InChI=1S/C18H31FN2O3/c19-21-15(11-13-7-3-1-4-8-13)17(22)20-16(18(23)24)12-14-9-5-2-6-10-14/h13-16,21H,1-12H2,(H,20,22)(H,23,24)/t15-,16-/m0/s1. The van der Waals surface area contributed by atoms with Gasteiger partial charge in [-0.15, -0.1) is 10.0 Å². The lowest BCUT2D eigenvalue weighted by atomic mass is 9.84. The molecule has 0 radical (unpaired) electrons. The minimum Gasteiger partial charge on any atom is -0.480 e. The van der Waals surface area contributed by atoms with Gasteiger partial charge in [-0.25, -0.2) is 4.79 Å². The second kappa shape index (κ2) is 9.97. The molecule has 0 bridgehead atoms. The molecule has 0 aromatic heterocycles. The van der Waals surface area contributed by atoms with E-state index in [4.69, 9.17) is 0 Å².